The van der Waals surface area contributed by atoms with Crippen LogP contribution in [-0.2, 0) is 4.79 Å². The van der Waals surface area contributed by atoms with Crippen LogP contribution >= 0.6 is 0 Å². The van der Waals surface area contributed by atoms with Gasteiger partial charge in [-0.05, 0) is 36.6 Å². The van der Waals surface area contributed by atoms with Crippen LogP contribution in [0.1, 0.15) is 36.0 Å². The highest BCUT2D eigenvalue weighted by Crippen LogP contribution is 2.20. The predicted molar refractivity (Wildman–Crippen MR) is 82.6 cm³/mol. The van der Waals surface area contributed by atoms with E-state index in [1.807, 2.05) is 24.3 Å². The summed E-state index contributed by atoms with van der Waals surface area (Å²) in [5, 5.41) is 11.4. The Balaban J connectivity index is 1.80. The summed E-state index contributed by atoms with van der Waals surface area (Å²) < 4.78 is 5.05. The molecule has 2 N–H and O–H groups in total. The third-order valence-electron chi connectivity index (χ3n) is 3.33. The molecule has 2 aromatic rings. The van der Waals surface area contributed by atoms with Crippen molar-refractivity contribution in [2.75, 3.05) is 6.54 Å². The second-order valence-corrected chi connectivity index (χ2v) is 5.05. The highest BCUT2D eigenvalue weighted by Gasteiger charge is 2.07. The van der Waals surface area contributed by atoms with Gasteiger partial charge < -0.3 is 14.8 Å². The first kappa shape index (κ1) is 15.8. The number of carbonyl (C=O) groups is 2. The number of nitrogens with one attached hydrogen (secondary N) is 1. The van der Waals surface area contributed by atoms with Crippen LogP contribution in [0.15, 0.2) is 47.3 Å². The molecule has 0 fully saturated rings. The lowest BCUT2D eigenvalue weighted by Gasteiger charge is -2.06. The highest BCUT2D eigenvalue weighted by atomic mass is 16.4. The summed E-state index contributed by atoms with van der Waals surface area (Å²) in [7, 11) is 0. The Morgan fingerprint density at radius 1 is 1.09 bits per heavy atom. The van der Waals surface area contributed by atoms with Crippen molar-refractivity contribution < 1.29 is 19.1 Å². The summed E-state index contributed by atoms with van der Waals surface area (Å²) in [6.07, 6.45) is 5.63. The molecular weight excluding hydrogens is 282 g/mol. The number of carboxylic acids is 1. The summed E-state index contributed by atoms with van der Waals surface area (Å²) in [6, 6.07) is 9.20. The van der Waals surface area contributed by atoms with Crippen molar-refractivity contribution in [3.05, 3.63) is 48.4 Å². The van der Waals surface area contributed by atoms with E-state index in [-0.39, 0.29) is 12.3 Å². The van der Waals surface area contributed by atoms with E-state index in [1.54, 1.807) is 18.6 Å². The van der Waals surface area contributed by atoms with E-state index in [9.17, 15) is 9.59 Å². The molecule has 0 unspecified atom stereocenters. The van der Waals surface area contributed by atoms with Crippen molar-refractivity contribution in [3.8, 4) is 11.1 Å². The Bertz CT molecular complexity index is 619. The van der Waals surface area contributed by atoms with Gasteiger partial charge in [-0.25, -0.2) is 0 Å². The molecule has 0 aliphatic carbocycles. The normalized spacial score (nSPS) is 10.4. The lowest BCUT2D eigenvalue weighted by atomic mass is 10.1. The van der Waals surface area contributed by atoms with Gasteiger partial charge in [0.2, 0.25) is 0 Å². The third-order valence-corrected chi connectivity index (χ3v) is 3.33. The molecular formula is C17H19NO4. The average Bonchev–Trinajstić information content (AvgIpc) is 3.05. The molecule has 2 rings (SSSR count). The van der Waals surface area contributed by atoms with Crippen LogP contribution in [0.2, 0.25) is 0 Å². The second-order valence-electron chi connectivity index (χ2n) is 5.05. The zero-order chi connectivity index (χ0) is 15.8. The van der Waals surface area contributed by atoms with E-state index in [4.69, 9.17) is 9.52 Å². The van der Waals surface area contributed by atoms with E-state index in [0.29, 0.717) is 18.5 Å². The van der Waals surface area contributed by atoms with Crippen molar-refractivity contribution in [1.29, 1.82) is 0 Å². The molecule has 1 amide bonds. The standard InChI is InChI=1S/C17H19NO4/c19-16(20)7-2-1-3-9-18-17(21)14-6-4-5-13(11-14)15-8-10-22-12-15/h4-6,8,10-12H,1-3,7,9H2,(H,18,21)(H,19,20). The molecule has 5 nitrogen and oxygen atoms in total. The largest absolute Gasteiger partial charge is 0.481 e. The minimum Gasteiger partial charge on any atom is -0.481 e. The molecule has 0 aliphatic rings. The summed E-state index contributed by atoms with van der Waals surface area (Å²) in [5.74, 6) is -0.899. The number of carbonyl (C=O) groups excluding carboxylic acids is 1. The molecule has 0 atom stereocenters. The number of aliphatic carboxylic acids is 1. The minimum absolute atomic E-state index is 0.122. The molecule has 0 radical (unpaired) electrons. The molecule has 1 aromatic heterocycles. The van der Waals surface area contributed by atoms with Gasteiger partial charge in [-0.2, -0.15) is 0 Å². The van der Waals surface area contributed by atoms with Gasteiger partial charge in [0.15, 0.2) is 0 Å². The van der Waals surface area contributed by atoms with Gasteiger partial charge in [-0.1, -0.05) is 18.6 Å². The van der Waals surface area contributed by atoms with Gasteiger partial charge in [-0.3, -0.25) is 9.59 Å². The van der Waals surface area contributed by atoms with Gasteiger partial charge in [-0.15, -0.1) is 0 Å². The van der Waals surface area contributed by atoms with Crippen LogP contribution in [0.4, 0.5) is 0 Å². The van der Waals surface area contributed by atoms with E-state index >= 15 is 0 Å². The average molecular weight is 301 g/mol. The predicted octanol–water partition coefficient (Wildman–Crippen LogP) is 3.32. The number of amides is 1. The van der Waals surface area contributed by atoms with Crippen LogP contribution < -0.4 is 5.32 Å². The molecule has 0 saturated carbocycles. The van der Waals surface area contributed by atoms with Crippen LogP contribution in [0.5, 0.6) is 0 Å². The first-order valence-corrected chi connectivity index (χ1v) is 7.29. The maximum absolute atomic E-state index is 12.1. The number of unbranched alkanes of at least 4 members (excludes halogenated alkanes) is 2. The number of hydrogen-bond donors (Lipinski definition) is 2. The molecule has 5 heteroatoms. The van der Waals surface area contributed by atoms with Crippen LogP contribution in [0.25, 0.3) is 11.1 Å². The Morgan fingerprint density at radius 3 is 2.68 bits per heavy atom. The second kappa shape index (κ2) is 8.02. The van der Waals surface area contributed by atoms with Crippen molar-refractivity contribution in [3.63, 3.8) is 0 Å². The molecule has 0 aliphatic heterocycles. The first-order valence-electron chi connectivity index (χ1n) is 7.29. The molecule has 116 valence electrons. The molecule has 0 spiro atoms. The zero-order valence-electron chi connectivity index (χ0n) is 12.2. The van der Waals surface area contributed by atoms with Crippen LogP contribution in [-0.4, -0.2) is 23.5 Å². The van der Waals surface area contributed by atoms with Gasteiger partial charge in [0.1, 0.15) is 0 Å². The van der Waals surface area contributed by atoms with Crippen molar-refractivity contribution in [1.82, 2.24) is 5.32 Å². The summed E-state index contributed by atoms with van der Waals surface area (Å²) >= 11 is 0. The van der Waals surface area contributed by atoms with Crippen molar-refractivity contribution >= 4 is 11.9 Å². The highest BCUT2D eigenvalue weighted by molar-refractivity contribution is 5.95. The third kappa shape index (κ3) is 4.77. The fraction of sp³-hybridized carbons (Fsp3) is 0.294. The Labute approximate surface area is 129 Å². The molecule has 0 saturated heterocycles. The number of rotatable bonds is 8. The van der Waals surface area contributed by atoms with Crippen molar-refractivity contribution in [2.24, 2.45) is 0 Å². The fourth-order valence-electron chi connectivity index (χ4n) is 2.15. The van der Waals surface area contributed by atoms with Crippen LogP contribution in [0, 0.1) is 0 Å². The number of hydrogen-bond acceptors (Lipinski definition) is 3. The Morgan fingerprint density at radius 2 is 1.95 bits per heavy atom. The monoisotopic (exact) mass is 301 g/mol. The van der Waals surface area contributed by atoms with E-state index in [0.717, 1.165) is 24.0 Å². The van der Waals surface area contributed by atoms with Gasteiger partial charge in [0.05, 0.1) is 12.5 Å². The lowest BCUT2D eigenvalue weighted by molar-refractivity contribution is -0.137. The van der Waals surface area contributed by atoms with E-state index in [1.165, 1.54) is 0 Å². The summed E-state index contributed by atoms with van der Waals surface area (Å²) in [4.78, 5) is 22.5. The van der Waals surface area contributed by atoms with E-state index < -0.39 is 5.97 Å². The maximum atomic E-state index is 12.1. The van der Waals surface area contributed by atoms with E-state index in [2.05, 4.69) is 5.32 Å². The fourth-order valence-corrected chi connectivity index (χ4v) is 2.15. The van der Waals surface area contributed by atoms with Gasteiger partial charge in [0, 0.05) is 24.1 Å². The smallest absolute Gasteiger partial charge is 0.303 e. The molecule has 0 bridgehead atoms. The first-order chi connectivity index (χ1) is 10.7. The Kier molecular flexibility index (Phi) is 5.77. The van der Waals surface area contributed by atoms with Crippen LogP contribution in [0.3, 0.4) is 0 Å². The molecule has 1 heterocycles. The topological polar surface area (TPSA) is 79.5 Å². The maximum Gasteiger partial charge on any atom is 0.303 e. The zero-order valence-corrected chi connectivity index (χ0v) is 12.2. The minimum atomic E-state index is -0.778. The number of benzene rings is 1. The number of carboxylic acid groups (broad SMARTS) is 1. The SMILES string of the molecule is O=C(O)CCCCCNC(=O)c1cccc(-c2ccoc2)c1. The van der Waals surface area contributed by atoms with Gasteiger partial charge in [0.25, 0.3) is 5.91 Å². The Hall–Kier alpha value is -2.56. The van der Waals surface area contributed by atoms with Crippen molar-refractivity contribution in [2.45, 2.75) is 25.7 Å². The lowest BCUT2D eigenvalue weighted by Crippen LogP contribution is -2.24. The number of furan rings is 1. The summed E-state index contributed by atoms with van der Waals surface area (Å²) in [6.45, 7) is 0.550. The molecule has 22 heavy (non-hydrogen) atoms. The van der Waals surface area contributed by atoms with Gasteiger partial charge >= 0.3 is 5.97 Å². The quantitative estimate of drug-likeness (QED) is 0.733. The molecule has 1 aromatic carbocycles. The summed E-state index contributed by atoms with van der Waals surface area (Å²) in [5.41, 5.74) is 2.47.